The maximum Gasteiger partial charge on any atom is 1.00 e. The molecule has 0 aromatic carbocycles. The van der Waals surface area contributed by atoms with Crippen molar-refractivity contribution in [2.45, 2.75) is 152 Å². The third-order valence-corrected chi connectivity index (χ3v) is 13.8. The number of fused-ring (bicyclic) bond motifs is 20. The Kier molecular flexibility index (Phi) is 15.0. The molecule has 44 heavy (non-hydrogen) atoms. The molecule has 0 amide bonds. The summed E-state index contributed by atoms with van der Waals surface area (Å²) in [5, 5.41) is 33.8. The van der Waals surface area contributed by atoms with Crippen LogP contribution < -0.4 is 161 Å². The molecule has 8 atom stereocenters. The summed E-state index contributed by atoms with van der Waals surface area (Å²) in [5.41, 5.74) is 0. The molecule has 12 heteroatoms. The van der Waals surface area contributed by atoms with Crippen LogP contribution in [-0.2, 0) is 0 Å². The zero-order valence-corrected chi connectivity index (χ0v) is 36.6. The minimum atomic E-state index is 0. The van der Waals surface area contributed by atoms with Crippen LogP contribution in [0.3, 0.4) is 0 Å². The summed E-state index contributed by atoms with van der Waals surface area (Å²) in [4.78, 5) is 0. The van der Waals surface area contributed by atoms with Crippen molar-refractivity contribution in [2.24, 2.45) is 47.3 Å². The second-order valence-electron chi connectivity index (χ2n) is 15.6. The van der Waals surface area contributed by atoms with E-state index in [1.165, 1.54) is 103 Å². The molecule has 9 rings (SSSR count). The van der Waals surface area contributed by atoms with Gasteiger partial charge in [0.25, 0.3) is 0 Å². The van der Waals surface area contributed by atoms with Crippen LogP contribution >= 0.6 is 0 Å². The Morgan fingerprint density at radius 3 is 0.455 bits per heavy atom. The molecule has 4 saturated carbocycles. The average Bonchev–Trinajstić information content (AvgIpc) is 3.73. The molecule has 0 spiro atoms. The van der Waals surface area contributed by atoms with Gasteiger partial charge in [0.15, 0.2) is 0 Å². The van der Waals surface area contributed by atoms with Crippen molar-refractivity contribution >= 4 is 0 Å². The van der Waals surface area contributed by atoms with Crippen LogP contribution in [0, 0.1) is 47.3 Å². The first-order valence-electron chi connectivity index (χ1n) is 17.9. The molecule has 5 heterocycles. The number of hydrogen-bond donors (Lipinski definition) is 8. The van der Waals surface area contributed by atoms with Gasteiger partial charge in [-0.1, -0.05) is 51.4 Å². The predicted octanol–water partition coefficient (Wildman–Crippen LogP) is -8.93. The molecule has 8 unspecified atom stereocenters. The van der Waals surface area contributed by atoms with Gasteiger partial charge in [-0.2, -0.15) is 0 Å². The molecule has 232 valence electrons. The molecular weight excluding hydrogens is 588 g/mol. The molecule has 0 radical (unpaired) electrons. The Morgan fingerprint density at radius 2 is 0.341 bits per heavy atom. The Labute approximate surface area is 361 Å². The summed E-state index contributed by atoms with van der Waals surface area (Å²) in [6.07, 6.45) is 25.6. The van der Waals surface area contributed by atoms with Gasteiger partial charge >= 0.3 is 118 Å². The summed E-state index contributed by atoms with van der Waals surface area (Å²) < 4.78 is 0. The van der Waals surface area contributed by atoms with Gasteiger partial charge in [0.2, 0.25) is 0 Å². The van der Waals surface area contributed by atoms with E-state index in [0.717, 1.165) is 47.3 Å². The number of rotatable bonds is 0. The van der Waals surface area contributed by atoms with Gasteiger partial charge in [-0.05, 0) is 98.7 Å². The summed E-state index contributed by atoms with van der Waals surface area (Å²) in [6, 6.07) is 0. The van der Waals surface area contributed by atoms with E-state index < -0.39 is 0 Å². The van der Waals surface area contributed by atoms with Crippen LogP contribution in [0.4, 0.5) is 0 Å². The molecule has 5 aliphatic heterocycles. The topological polar surface area (TPSA) is 96.2 Å². The number of nitrogens with one attached hydrogen (secondary N) is 8. The summed E-state index contributed by atoms with van der Waals surface area (Å²) in [6.45, 7) is 0. The Balaban J connectivity index is 0.00000144. The second-order valence-corrected chi connectivity index (χ2v) is 15.6. The molecule has 8 bridgehead atoms. The van der Waals surface area contributed by atoms with Crippen LogP contribution in [0.15, 0.2) is 0 Å². The quantitative estimate of drug-likeness (QED) is 0.123. The van der Waals surface area contributed by atoms with Crippen LogP contribution in [-0.4, -0.2) is 49.3 Å². The summed E-state index contributed by atoms with van der Waals surface area (Å²) in [5.74, 6) is 5.97. The average molecular weight is 649 g/mol. The predicted molar refractivity (Wildman–Crippen MR) is 162 cm³/mol. The molecule has 8 nitrogen and oxygen atoms in total. The van der Waals surface area contributed by atoms with E-state index in [1.807, 2.05) is 0 Å². The van der Waals surface area contributed by atoms with Crippen molar-refractivity contribution in [3.05, 3.63) is 0 Å². The van der Waals surface area contributed by atoms with Crippen LogP contribution in [0.25, 0.3) is 0 Å². The van der Waals surface area contributed by atoms with Crippen molar-refractivity contribution < 1.29 is 124 Å². The van der Waals surface area contributed by atoms with Gasteiger partial charge < -0.3 is 5.71 Å². The monoisotopic (exact) mass is 648 g/mol. The van der Waals surface area contributed by atoms with Crippen LogP contribution in [0.5, 0.6) is 0 Å². The Bertz CT molecular complexity index is 749. The molecule has 8 N–H and O–H groups in total. The van der Waals surface area contributed by atoms with E-state index in [2.05, 4.69) is 42.5 Å². The number of hydrogen-bond acceptors (Lipinski definition) is 8. The standard InChI is InChI=1S/C32H56N8.4Na.4H/c1-2-10-18-17(9-1)25-33-26(18)38-28-21-13-5-6-14-22(21)30(35-28)40-32-24-16-8-7-15-23(24)31(36-32)39-29-20-12-4-3-11-19(20)27(34-29)37-25;;;;;;;;/h17-40H,1-16H2;;;;;;;;/q;4*+1;4*-1. The third kappa shape index (κ3) is 7.31. The smallest absolute Gasteiger partial charge is 1.00 e. The molecule has 9 fully saturated rings. The van der Waals surface area contributed by atoms with Gasteiger partial charge in [0, 0.05) is 0 Å². The SMILES string of the molecule is C1CCC2C3NC(NC4NC(NC5NC(NC6NC(N3)C3CCCCC63)C3CCCCC53)C3CCCCC43)C2C1.[H-].[H-].[H-].[H-].[Na+].[Na+].[Na+].[Na+]. The minimum Gasteiger partial charge on any atom is -1.00 e. The Morgan fingerprint density at radius 1 is 0.227 bits per heavy atom. The van der Waals surface area contributed by atoms with Gasteiger partial charge in [0.1, 0.15) is 0 Å². The van der Waals surface area contributed by atoms with Crippen molar-refractivity contribution in [3.8, 4) is 0 Å². The van der Waals surface area contributed by atoms with Gasteiger partial charge in [-0.25, -0.2) is 0 Å². The zero-order valence-electron chi connectivity index (χ0n) is 32.6. The molecular formula is C32H60N8Na4. The first kappa shape index (κ1) is 38.9. The maximum absolute atomic E-state index is 4.26. The van der Waals surface area contributed by atoms with Crippen molar-refractivity contribution in [1.82, 2.24) is 42.5 Å². The molecule has 0 aromatic heterocycles. The fourth-order valence-corrected chi connectivity index (χ4v) is 12.0. The molecule has 0 aromatic rings. The van der Waals surface area contributed by atoms with E-state index in [0.29, 0.717) is 49.3 Å². The van der Waals surface area contributed by atoms with Crippen LogP contribution in [0.1, 0.15) is 108 Å². The zero-order chi connectivity index (χ0) is 26.2. The molecule has 4 aliphatic carbocycles. The van der Waals surface area contributed by atoms with Gasteiger partial charge in [-0.3, -0.25) is 42.5 Å². The first-order valence-corrected chi connectivity index (χ1v) is 17.9. The second kappa shape index (κ2) is 17.0. The van der Waals surface area contributed by atoms with Crippen molar-refractivity contribution in [3.63, 3.8) is 0 Å². The summed E-state index contributed by atoms with van der Waals surface area (Å²) in [7, 11) is 0. The minimum absolute atomic E-state index is 0. The largest absolute Gasteiger partial charge is 1.00 e. The fourth-order valence-electron chi connectivity index (χ4n) is 12.0. The van der Waals surface area contributed by atoms with Gasteiger partial charge in [0.05, 0.1) is 49.3 Å². The molecule has 9 aliphatic rings. The van der Waals surface area contributed by atoms with Crippen LogP contribution in [0.2, 0.25) is 0 Å². The van der Waals surface area contributed by atoms with E-state index in [-0.39, 0.29) is 124 Å². The molecule has 5 saturated heterocycles. The fraction of sp³-hybridized carbons (Fsp3) is 1.00. The normalized spacial score (nSPS) is 52.4. The van der Waals surface area contributed by atoms with E-state index in [9.17, 15) is 0 Å². The van der Waals surface area contributed by atoms with E-state index in [4.69, 9.17) is 0 Å². The van der Waals surface area contributed by atoms with Crippen molar-refractivity contribution in [2.75, 3.05) is 0 Å². The first-order chi connectivity index (χ1) is 19.8. The van der Waals surface area contributed by atoms with Crippen molar-refractivity contribution in [1.29, 1.82) is 0 Å². The third-order valence-electron chi connectivity index (χ3n) is 13.8. The van der Waals surface area contributed by atoms with Gasteiger partial charge in [-0.15, -0.1) is 0 Å². The Hall–Kier alpha value is 3.68. The van der Waals surface area contributed by atoms with E-state index in [1.54, 1.807) is 0 Å². The summed E-state index contributed by atoms with van der Waals surface area (Å²) >= 11 is 0. The maximum atomic E-state index is 4.26. The van der Waals surface area contributed by atoms with E-state index >= 15 is 0 Å².